The van der Waals surface area contributed by atoms with Gasteiger partial charge in [0.25, 0.3) is 5.56 Å². The van der Waals surface area contributed by atoms with E-state index in [9.17, 15) is 4.79 Å². The van der Waals surface area contributed by atoms with E-state index in [0.29, 0.717) is 29.9 Å². The van der Waals surface area contributed by atoms with Crippen molar-refractivity contribution in [2.75, 3.05) is 0 Å². The van der Waals surface area contributed by atoms with Gasteiger partial charge in [-0.25, -0.2) is 4.98 Å². The fourth-order valence-electron chi connectivity index (χ4n) is 1.82. The Kier molecular flexibility index (Phi) is 3.54. The predicted molar refractivity (Wildman–Crippen MR) is 69.0 cm³/mol. The summed E-state index contributed by atoms with van der Waals surface area (Å²) < 4.78 is 0. The summed E-state index contributed by atoms with van der Waals surface area (Å²) in [6, 6.07) is 11.5. The van der Waals surface area contributed by atoms with Gasteiger partial charge in [-0.3, -0.25) is 4.79 Å². The van der Waals surface area contributed by atoms with E-state index in [1.807, 2.05) is 36.4 Å². The number of hydrogen-bond donors (Lipinski definition) is 1. The quantitative estimate of drug-likeness (QED) is 0.892. The molecule has 0 spiro atoms. The lowest BCUT2D eigenvalue weighted by atomic mass is 10.1. The first kappa shape index (κ1) is 12.1. The van der Waals surface area contributed by atoms with Gasteiger partial charge in [-0.1, -0.05) is 30.3 Å². The van der Waals surface area contributed by atoms with Crippen LogP contribution in [0, 0.1) is 18.3 Å². The summed E-state index contributed by atoms with van der Waals surface area (Å²) in [5, 5.41) is 8.56. The Bertz CT molecular complexity index is 638. The lowest BCUT2D eigenvalue weighted by molar-refractivity contribution is 0.920. The van der Waals surface area contributed by atoms with E-state index in [1.165, 1.54) is 0 Å². The molecule has 2 rings (SSSR count). The highest BCUT2D eigenvalue weighted by Gasteiger charge is 2.08. The van der Waals surface area contributed by atoms with Crippen LogP contribution in [0.2, 0.25) is 0 Å². The Hall–Kier alpha value is -2.41. The van der Waals surface area contributed by atoms with E-state index in [1.54, 1.807) is 6.92 Å². The highest BCUT2D eigenvalue weighted by molar-refractivity contribution is 5.54. The standard InChI is InChI=1S/C14H13N3O/c1-10-12(8-5-9-15)14(18)17-13(16-10)11-6-3-2-4-7-11/h2-4,6-7H,5,8H2,1H3,(H,16,17,18). The van der Waals surface area contributed by atoms with Crippen molar-refractivity contribution in [3.63, 3.8) is 0 Å². The molecule has 0 atom stereocenters. The van der Waals surface area contributed by atoms with Crippen LogP contribution in [-0.4, -0.2) is 9.97 Å². The molecule has 0 saturated carbocycles. The van der Waals surface area contributed by atoms with E-state index >= 15 is 0 Å². The molecule has 0 unspecified atom stereocenters. The molecular weight excluding hydrogens is 226 g/mol. The number of H-pyrrole nitrogens is 1. The number of aromatic nitrogens is 2. The molecule has 1 aromatic heterocycles. The minimum absolute atomic E-state index is 0.156. The maximum absolute atomic E-state index is 11.9. The van der Waals surface area contributed by atoms with Gasteiger partial charge in [0.15, 0.2) is 0 Å². The smallest absolute Gasteiger partial charge is 0.254 e. The summed E-state index contributed by atoms with van der Waals surface area (Å²) in [7, 11) is 0. The number of nitrogens with one attached hydrogen (secondary N) is 1. The highest BCUT2D eigenvalue weighted by Crippen LogP contribution is 2.14. The van der Waals surface area contributed by atoms with Crippen LogP contribution in [0.1, 0.15) is 17.7 Å². The van der Waals surface area contributed by atoms with E-state index in [2.05, 4.69) is 9.97 Å². The average Bonchev–Trinajstić information content (AvgIpc) is 2.39. The van der Waals surface area contributed by atoms with Gasteiger partial charge in [-0.05, 0) is 13.3 Å². The van der Waals surface area contributed by atoms with Crippen molar-refractivity contribution in [1.82, 2.24) is 9.97 Å². The van der Waals surface area contributed by atoms with Crippen LogP contribution >= 0.6 is 0 Å². The van der Waals surface area contributed by atoms with Gasteiger partial charge in [-0.15, -0.1) is 0 Å². The summed E-state index contributed by atoms with van der Waals surface area (Å²) in [6.45, 7) is 1.80. The zero-order chi connectivity index (χ0) is 13.0. The SMILES string of the molecule is Cc1nc(-c2ccccc2)[nH]c(=O)c1CCC#N. The predicted octanol–water partition coefficient (Wildman–Crippen LogP) is 2.20. The summed E-state index contributed by atoms with van der Waals surface area (Å²) in [5.74, 6) is 0.568. The van der Waals surface area contributed by atoms with E-state index in [-0.39, 0.29) is 5.56 Å². The fraction of sp³-hybridized carbons (Fsp3) is 0.214. The van der Waals surface area contributed by atoms with Crippen molar-refractivity contribution in [1.29, 1.82) is 5.26 Å². The first-order valence-electron chi connectivity index (χ1n) is 5.74. The van der Waals surface area contributed by atoms with Gasteiger partial charge in [-0.2, -0.15) is 5.26 Å². The Morgan fingerprint density at radius 3 is 2.67 bits per heavy atom. The third kappa shape index (κ3) is 2.46. The first-order valence-corrected chi connectivity index (χ1v) is 5.74. The molecule has 0 saturated heterocycles. The molecule has 1 aromatic carbocycles. The summed E-state index contributed by atoms with van der Waals surface area (Å²) in [5.41, 5.74) is 2.00. The second-order valence-electron chi connectivity index (χ2n) is 4.00. The van der Waals surface area contributed by atoms with Crippen molar-refractivity contribution < 1.29 is 0 Å². The molecular formula is C14H13N3O. The highest BCUT2D eigenvalue weighted by atomic mass is 16.1. The summed E-state index contributed by atoms with van der Waals surface area (Å²) in [6.07, 6.45) is 0.774. The maximum atomic E-state index is 11.9. The molecule has 0 fully saturated rings. The summed E-state index contributed by atoms with van der Waals surface area (Å²) >= 11 is 0. The topological polar surface area (TPSA) is 69.5 Å². The van der Waals surface area contributed by atoms with Crippen LogP contribution in [0.5, 0.6) is 0 Å². The third-order valence-corrected chi connectivity index (χ3v) is 2.76. The zero-order valence-electron chi connectivity index (χ0n) is 10.1. The fourth-order valence-corrected chi connectivity index (χ4v) is 1.82. The van der Waals surface area contributed by atoms with Crippen LogP contribution in [0.25, 0.3) is 11.4 Å². The average molecular weight is 239 g/mol. The van der Waals surface area contributed by atoms with Gasteiger partial charge in [0.1, 0.15) is 5.82 Å². The molecule has 0 bridgehead atoms. The molecule has 4 heteroatoms. The minimum atomic E-state index is -0.156. The molecule has 1 N–H and O–H groups in total. The van der Waals surface area contributed by atoms with Crippen LogP contribution < -0.4 is 5.56 Å². The van der Waals surface area contributed by atoms with Crippen LogP contribution in [0.15, 0.2) is 35.1 Å². The zero-order valence-corrected chi connectivity index (χ0v) is 10.1. The van der Waals surface area contributed by atoms with E-state index in [4.69, 9.17) is 5.26 Å². The Labute approximate surface area is 105 Å². The molecule has 0 aliphatic heterocycles. The molecule has 0 aliphatic carbocycles. The maximum Gasteiger partial charge on any atom is 0.254 e. The van der Waals surface area contributed by atoms with Crippen molar-refractivity contribution in [3.8, 4) is 17.5 Å². The number of benzene rings is 1. The van der Waals surface area contributed by atoms with E-state index in [0.717, 1.165) is 5.56 Å². The number of nitriles is 1. The van der Waals surface area contributed by atoms with Crippen LogP contribution in [0.3, 0.4) is 0 Å². The molecule has 0 radical (unpaired) electrons. The van der Waals surface area contributed by atoms with Crippen molar-refractivity contribution in [2.24, 2.45) is 0 Å². The second-order valence-corrected chi connectivity index (χ2v) is 4.00. The summed E-state index contributed by atoms with van der Waals surface area (Å²) in [4.78, 5) is 19.1. The van der Waals surface area contributed by atoms with Gasteiger partial charge in [0.2, 0.25) is 0 Å². The van der Waals surface area contributed by atoms with Crippen molar-refractivity contribution in [3.05, 3.63) is 51.9 Å². The Balaban J connectivity index is 2.44. The van der Waals surface area contributed by atoms with E-state index < -0.39 is 0 Å². The first-order chi connectivity index (χ1) is 8.72. The number of aryl methyl sites for hydroxylation is 1. The minimum Gasteiger partial charge on any atom is -0.306 e. The van der Waals surface area contributed by atoms with Gasteiger partial charge >= 0.3 is 0 Å². The van der Waals surface area contributed by atoms with Gasteiger partial charge < -0.3 is 4.98 Å². The molecule has 4 nitrogen and oxygen atoms in total. The van der Waals surface area contributed by atoms with Crippen LogP contribution in [-0.2, 0) is 6.42 Å². The lowest BCUT2D eigenvalue weighted by Gasteiger charge is -2.05. The van der Waals surface area contributed by atoms with Crippen LogP contribution in [0.4, 0.5) is 0 Å². The second kappa shape index (κ2) is 5.28. The number of rotatable bonds is 3. The van der Waals surface area contributed by atoms with Gasteiger partial charge in [0.05, 0.1) is 6.07 Å². The molecule has 1 heterocycles. The van der Waals surface area contributed by atoms with Crippen molar-refractivity contribution >= 4 is 0 Å². The Morgan fingerprint density at radius 2 is 2.06 bits per heavy atom. The normalized spacial score (nSPS) is 10.0. The largest absolute Gasteiger partial charge is 0.306 e. The van der Waals surface area contributed by atoms with Gasteiger partial charge in [0, 0.05) is 23.2 Å². The molecule has 0 aliphatic rings. The molecule has 18 heavy (non-hydrogen) atoms. The molecule has 90 valence electrons. The molecule has 0 amide bonds. The number of aromatic amines is 1. The van der Waals surface area contributed by atoms with Crippen molar-refractivity contribution in [2.45, 2.75) is 19.8 Å². The Morgan fingerprint density at radius 1 is 1.33 bits per heavy atom. The third-order valence-electron chi connectivity index (χ3n) is 2.76. The number of hydrogen-bond acceptors (Lipinski definition) is 3. The lowest BCUT2D eigenvalue weighted by Crippen LogP contribution is -2.17. The molecule has 2 aromatic rings. The monoisotopic (exact) mass is 239 g/mol. The number of nitrogens with zero attached hydrogens (tertiary/aromatic N) is 2.